The summed E-state index contributed by atoms with van der Waals surface area (Å²) in [5.74, 6) is -13.0. The van der Waals surface area contributed by atoms with Crippen molar-refractivity contribution >= 4 is 29.0 Å². The summed E-state index contributed by atoms with van der Waals surface area (Å²) in [6.45, 7) is 3.59. The summed E-state index contributed by atoms with van der Waals surface area (Å²) < 4.78 is 0. The van der Waals surface area contributed by atoms with Gasteiger partial charge in [0.15, 0.2) is 34.7 Å². The van der Waals surface area contributed by atoms with Crippen LogP contribution in [0.5, 0.6) is 5.75 Å². The van der Waals surface area contributed by atoms with Crippen LogP contribution in [0.25, 0.3) is 0 Å². The zero-order chi connectivity index (χ0) is 24.6. The molecule has 4 rings (SSSR count). The molecular formula is C23H26N2O8. The predicted octanol–water partition coefficient (Wildman–Crippen LogP) is -1.21. The lowest BCUT2D eigenvalue weighted by atomic mass is 9.49. The van der Waals surface area contributed by atoms with E-state index in [0.29, 0.717) is 5.56 Å². The molecule has 33 heavy (non-hydrogen) atoms. The monoisotopic (exact) mass is 458 g/mol. The summed E-state index contributed by atoms with van der Waals surface area (Å²) in [7, 11) is 1.50. The number of carbonyl (C=O) groups excluding carboxylic acids is 5. The number of likely N-dealkylation sites (N-methyl/N-ethyl adjacent to an activating group) is 1. The molecule has 5 N–H and O–H groups in total. The highest BCUT2D eigenvalue weighted by atomic mass is 16.3. The van der Waals surface area contributed by atoms with Gasteiger partial charge in [0, 0.05) is 5.92 Å². The largest absolute Gasteiger partial charge is 0.507 e. The van der Waals surface area contributed by atoms with Crippen LogP contribution in [0, 0.1) is 23.7 Å². The van der Waals surface area contributed by atoms with Gasteiger partial charge in [-0.05, 0) is 31.1 Å². The van der Waals surface area contributed by atoms with E-state index in [-0.39, 0.29) is 17.9 Å². The smallest absolute Gasteiger partial charge is 0.235 e. The van der Waals surface area contributed by atoms with Crippen LogP contribution in [0.2, 0.25) is 0 Å². The Labute approximate surface area is 189 Å². The third-order valence-electron chi connectivity index (χ3n) is 7.77. The van der Waals surface area contributed by atoms with Gasteiger partial charge in [-0.3, -0.25) is 28.9 Å². The minimum Gasteiger partial charge on any atom is -0.507 e. The molecule has 0 aliphatic heterocycles. The van der Waals surface area contributed by atoms with E-state index in [4.69, 9.17) is 5.73 Å². The van der Waals surface area contributed by atoms with Crippen molar-refractivity contribution in [2.24, 2.45) is 29.4 Å². The average Bonchev–Trinajstić information content (AvgIpc) is 2.75. The Morgan fingerprint density at radius 3 is 2.39 bits per heavy atom. The molecule has 0 saturated heterocycles. The van der Waals surface area contributed by atoms with Crippen LogP contribution >= 0.6 is 0 Å². The molecule has 0 spiro atoms. The Balaban J connectivity index is 1.96. The van der Waals surface area contributed by atoms with Crippen molar-refractivity contribution in [1.29, 1.82) is 0 Å². The number of fused-ring (bicyclic) bond motifs is 3. The number of hydrogen-bond donors (Lipinski definition) is 4. The van der Waals surface area contributed by atoms with Gasteiger partial charge in [-0.1, -0.05) is 26.0 Å². The van der Waals surface area contributed by atoms with E-state index in [1.165, 1.54) is 24.1 Å². The van der Waals surface area contributed by atoms with Crippen molar-refractivity contribution in [3.8, 4) is 5.75 Å². The highest BCUT2D eigenvalue weighted by Crippen LogP contribution is 2.54. The summed E-state index contributed by atoms with van der Waals surface area (Å²) in [6.07, 6.45) is -1.62. The van der Waals surface area contributed by atoms with Gasteiger partial charge in [-0.25, -0.2) is 0 Å². The fourth-order valence-corrected chi connectivity index (χ4v) is 6.06. The second kappa shape index (κ2) is 7.54. The van der Waals surface area contributed by atoms with E-state index in [9.17, 15) is 39.3 Å². The standard InChI is InChI=1S/C23H26N2O8/c1-4-25(3)16-15-18(28)11-8(2)9-6-5-7-10(26)12(9)17(27)13(11)20(30)23(15,33)21(31)14(19(16)29)22(24)32/h5-8,11,13-16,18,26,28,33H,4H2,1-3H3,(H2,24,32). The lowest BCUT2D eigenvalue weighted by Gasteiger charge is -2.56. The Morgan fingerprint density at radius 2 is 1.82 bits per heavy atom. The molecule has 10 heteroatoms. The van der Waals surface area contributed by atoms with Gasteiger partial charge < -0.3 is 21.1 Å². The Kier molecular flexibility index (Phi) is 5.31. The van der Waals surface area contributed by atoms with Crippen LogP contribution in [0.15, 0.2) is 18.2 Å². The van der Waals surface area contributed by atoms with E-state index in [1.807, 2.05) is 0 Å². The summed E-state index contributed by atoms with van der Waals surface area (Å²) in [5, 5.41) is 33.3. The summed E-state index contributed by atoms with van der Waals surface area (Å²) in [5.41, 5.74) is 2.63. The molecule has 1 amide bonds. The molecule has 1 aromatic rings. The molecule has 0 radical (unpaired) electrons. The first-order valence-corrected chi connectivity index (χ1v) is 10.8. The molecule has 176 valence electrons. The topological polar surface area (TPSA) is 175 Å². The first kappa shape index (κ1) is 23.2. The number of benzene rings is 1. The van der Waals surface area contributed by atoms with Crippen molar-refractivity contribution in [1.82, 2.24) is 4.90 Å². The van der Waals surface area contributed by atoms with E-state index >= 15 is 0 Å². The number of ketones is 4. The molecular weight excluding hydrogens is 432 g/mol. The van der Waals surface area contributed by atoms with E-state index in [1.54, 1.807) is 19.9 Å². The Morgan fingerprint density at radius 1 is 1.18 bits per heavy atom. The van der Waals surface area contributed by atoms with Crippen molar-refractivity contribution in [3.63, 3.8) is 0 Å². The van der Waals surface area contributed by atoms with Gasteiger partial charge in [-0.15, -0.1) is 0 Å². The quantitative estimate of drug-likeness (QED) is 0.405. The number of amides is 1. The number of phenols is 1. The first-order chi connectivity index (χ1) is 15.4. The zero-order valence-electron chi connectivity index (χ0n) is 18.4. The second-order valence-corrected chi connectivity index (χ2v) is 9.22. The highest BCUT2D eigenvalue weighted by Gasteiger charge is 2.72. The maximum atomic E-state index is 13.7. The highest BCUT2D eigenvalue weighted by molar-refractivity contribution is 6.32. The molecule has 1 aromatic carbocycles. The number of rotatable bonds is 3. The van der Waals surface area contributed by atoms with Crippen LogP contribution in [0.4, 0.5) is 0 Å². The van der Waals surface area contributed by atoms with Crippen molar-refractivity contribution in [3.05, 3.63) is 29.3 Å². The number of nitrogens with zero attached hydrogens (tertiary/aromatic N) is 1. The number of hydrogen-bond acceptors (Lipinski definition) is 9. The summed E-state index contributed by atoms with van der Waals surface area (Å²) in [6, 6.07) is 3.06. The van der Waals surface area contributed by atoms with Gasteiger partial charge in [0.25, 0.3) is 0 Å². The molecule has 10 nitrogen and oxygen atoms in total. The molecule has 3 aliphatic rings. The van der Waals surface area contributed by atoms with Crippen molar-refractivity contribution < 1.29 is 39.3 Å². The third-order valence-corrected chi connectivity index (χ3v) is 7.77. The Bertz CT molecular complexity index is 1100. The van der Waals surface area contributed by atoms with Gasteiger partial charge in [0.2, 0.25) is 5.91 Å². The number of phenolic OH excluding ortho intramolecular Hbond substituents is 1. The van der Waals surface area contributed by atoms with Crippen LogP contribution in [0.1, 0.15) is 35.7 Å². The number of Topliss-reactive ketones (excluding diaryl/α,β-unsaturated/α-hetero) is 4. The molecule has 0 heterocycles. The maximum Gasteiger partial charge on any atom is 0.235 e. The summed E-state index contributed by atoms with van der Waals surface area (Å²) in [4.78, 5) is 67.0. The van der Waals surface area contributed by atoms with Crippen molar-refractivity contribution in [2.45, 2.75) is 37.5 Å². The van der Waals surface area contributed by atoms with E-state index in [0.717, 1.165) is 0 Å². The minimum absolute atomic E-state index is 0.109. The molecule has 0 aromatic heterocycles. The maximum absolute atomic E-state index is 13.7. The fourth-order valence-electron chi connectivity index (χ4n) is 6.06. The van der Waals surface area contributed by atoms with E-state index in [2.05, 4.69) is 0 Å². The molecule has 2 saturated carbocycles. The van der Waals surface area contributed by atoms with Gasteiger partial charge in [-0.2, -0.15) is 0 Å². The molecule has 0 bridgehead atoms. The van der Waals surface area contributed by atoms with Gasteiger partial charge in [0.05, 0.1) is 29.5 Å². The molecule has 8 atom stereocenters. The lowest BCUT2D eigenvalue weighted by molar-refractivity contribution is -0.197. The number of primary amides is 1. The minimum atomic E-state index is -2.97. The predicted molar refractivity (Wildman–Crippen MR) is 112 cm³/mol. The van der Waals surface area contributed by atoms with Crippen LogP contribution in [-0.2, 0) is 19.2 Å². The van der Waals surface area contributed by atoms with E-state index < -0.39 is 76.4 Å². The fraction of sp³-hybridized carbons (Fsp3) is 0.522. The summed E-state index contributed by atoms with van der Waals surface area (Å²) >= 11 is 0. The zero-order valence-corrected chi connectivity index (χ0v) is 18.4. The van der Waals surface area contributed by atoms with Crippen LogP contribution in [0.3, 0.4) is 0 Å². The van der Waals surface area contributed by atoms with Gasteiger partial charge in [0.1, 0.15) is 5.75 Å². The van der Waals surface area contributed by atoms with Crippen LogP contribution < -0.4 is 5.73 Å². The molecule has 8 unspecified atom stereocenters. The lowest BCUT2D eigenvalue weighted by Crippen LogP contribution is -2.78. The van der Waals surface area contributed by atoms with Crippen LogP contribution in [-0.4, -0.2) is 80.6 Å². The SMILES string of the molecule is CCN(C)C1C(=O)C(C(N)=O)C(=O)C2(O)C(=O)C3C(=O)c4c(O)cccc4C(C)C3C(O)C12. The van der Waals surface area contributed by atoms with Crippen molar-refractivity contribution in [2.75, 3.05) is 13.6 Å². The number of aromatic hydroxyl groups is 1. The molecule has 3 aliphatic carbocycles. The normalized spacial score (nSPS) is 38.1. The molecule has 2 fully saturated rings. The first-order valence-electron chi connectivity index (χ1n) is 10.8. The Hall–Kier alpha value is -2.95. The number of aliphatic hydroxyl groups is 2. The van der Waals surface area contributed by atoms with Gasteiger partial charge >= 0.3 is 0 Å². The number of aliphatic hydroxyl groups excluding tert-OH is 1. The number of carbonyl (C=O) groups is 5. The average molecular weight is 458 g/mol. The third kappa shape index (κ3) is 2.81. The number of nitrogens with two attached hydrogens (primary N) is 1. The second-order valence-electron chi connectivity index (χ2n) is 9.22.